The highest BCUT2D eigenvalue weighted by molar-refractivity contribution is 6.03. The zero-order valence-electron chi connectivity index (χ0n) is 23.3. The summed E-state index contributed by atoms with van der Waals surface area (Å²) in [4.78, 5) is 42.4. The van der Waals surface area contributed by atoms with E-state index in [1.807, 2.05) is 66.7 Å². The highest BCUT2D eigenvalue weighted by atomic mass is 16.5. The van der Waals surface area contributed by atoms with Crippen molar-refractivity contribution in [2.75, 3.05) is 24.2 Å². The Balaban J connectivity index is 1.26. The van der Waals surface area contributed by atoms with Crippen LogP contribution in [0.4, 0.5) is 16.2 Å². The molecule has 0 radical (unpaired) electrons. The van der Waals surface area contributed by atoms with E-state index in [1.54, 1.807) is 24.4 Å². The Bertz CT molecular complexity index is 1460. The van der Waals surface area contributed by atoms with E-state index < -0.39 is 12.1 Å². The first-order valence-electron chi connectivity index (χ1n) is 13.8. The number of nitrogens with one attached hydrogen (secondary N) is 3. The number of fused-ring (bicyclic) bond motifs is 1. The Morgan fingerprint density at radius 1 is 0.833 bits per heavy atom. The molecule has 0 saturated heterocycles. The Labute approximate surface area is 244 Å². The average Bonchev–Trinajstić information content (AvgIpc) is 3.01. The van der Waals surface area contributed by atoms with Crippen LogP contribution >= 0.6 is 0 Å². The molecular formula is C32H35N5O5. The lowest BCUT2D eigenvalue weighted by molar-refractivity contribution is -0.126. The number of aromatic nitrogens is 1. The molecule has 218 valence electrons. The number of benzene rings is 3. The molecular weight excluding hydrogens is 534 g/mol. The molecule has 0 fully saturated rings. The maximum Gasteiger partial charge on any atom is 0.408 e. The molecule has 42 heavy (non-hydrogen) atoms. The summed E-state index contributed by atoms with van der Waals surface area (Å²) < 4.78 is 10.8. The fraction of sp³-hybridized carbons (Fsp3) is 0.250. The number of nitrogens with two attached hydrogens (primary N) is 1. The summed E-state index contributed by atoms with van der Waals surface area (Å²) >= 11 is 0. The van der Waals surface area contributed by atoms with Crippen molar-refractivity contribution in [3.63, 3.8) is 0 Å². The molecule has 0 aliphatic rings. The number of amides is 3. The molecule has 1 unspecified atom stereocenters. The molecule has 4 rings (SSSR count). The first kappa shape index (κ1) is 30.0. The van der Waals surface area contributed by atoms with Crippen molar-refractivity contribution < 1.29 is 23.9 Å². The van der Waals surface area contributed by atoms with E-state index in [4.69, 9.17) is 15.2 Å². The summed E-state index contributed by atoms with van der Waals surface area (Å²) in [6.07, 6.45) is 2.48. The van der Waals surface area contributed by atoms with Crippen LogP contribution in [0, 0.1) is 0 Å². The number of anilines is 2. The van der Waals surface area contributed by atoms with Crippen LogP contribution in [-0.2, 0) is 32.3 Å². The molecule has 1 atom stereocenters. The summed E-state index contributed by atoms with van der Waals surface area (Å²) in [6.45, 7) is 0.733. The van der Waals surface area contributed by atoms with Gasteiger partial charge in [-0.2, -0.15) is 0 Å². The van der Waals surface area contributed by atoms with Crippen LogP contribution < -0.4 is 21.7 Å². The number of unbranched alkanes of at least 4 members (excludes halogenated alkanes) is 1. The molecule has 4 aromatic rings. The molecule has 10 nitrogen and oxygen atoms in total. The summed E-state index contributed by atoms with van der Waals surface area (Å²) in [7, 11) is 0. The van der Waals surface area contributed by atoms with Crippen LogP contribution in [0.25, 0.3) is 10.9 Å². The molecule has 1 aromatic heterocycles. The third-order valence-electron chi connectivity index (χ3n) is 6.44. The van der Waals surface area contributed by atoms with Crippen LogP contribution in [-0.4, -0.2) is 42.1 Å². The summed E-state index contributed by atoms with van der Waals surface area (Å²) in [5, 5.41) is 9.29. The van der Waals surface area contributed by atoms with E-state index in [0.29, 0.717) is 49.3 Å². The van der Waals surface area contributed by atoms with Gasteiger partial charge in [0.2, 0.25) is 11.8 Å². The summed E-state index contributed by atoms with van der Waals surface area (Å²) in [5.41, 5.74) is 9.31. The number of carbonyl (C=O) groups excluding carboxylic acids is 3. The van der Waals surface area contributed by atoms with Crippen LogP contribution in [0.3, 0.4) is 0 Å². The third kappa shape index (κ3) is 9.60. The van der Waals surface area contributed by atoms with Crippen molar-refractivity contribution in [2.24, 2.45) is 0 Å². The Morgan fingerprint density at radius 2 is 1.60 bits per heavy atom. The Morgan fingerprint density at radius 3 is 2.40 bits per heavy atom. The summed E-state index contributed by atoms with van der Waals surface area (Å²) in [6, 6.07) is 24.9. The number of pyridine rings is 1. The van der Waals surface area contributed by atoms with Crippen molar-refractivity contribution in [3.8, 4) is 0 Å². The number of nitrogen functional groups attached to an aromatic ring is 1. The van der Waals surface area contributed by atoms with Crippen LogP contribution in [0.2, 0.25) is 0 Å². The number of alkyl carbamates (subject to hydrolysis) is 1. The number of hydrogen-bond acceptors (Lipinski definition) is 7. The van der Waals surface area contributed by atoms with Crippen molar-refractivity contribution in [1.82, 2.24) is 15.6 Å². The number of carbonyl (C=O) groups is 3. The molecule has 10 heteroatoms. The van der Waals surface area contributed by atoms with E-state index >= 15 is 0 Å². The SMILES string of the molecule is Nc1ccc(COCC(=O)NCCCCC(NC(=O)OCc2ccccc2)C(=O)Nc2cccc3cccnc23)cc1. The minimum atomic E-state index is -0.855. The molecule has 1 heterocycles. The van der Waals surface area contributed by atoms with Gasteiger partial charge < -0.3 is 31.2 Å². The van der Waals surface area contributed by atoms with Gasteiger partial charge in [-0.1, -0.05) is 60.7 Å². The fourth-order valence-electron chi connectivity index (χ4n) is 4.23. The van der Waals surface area contributed by atoms with Gasteiger partial charge in [-0.3, -0.25) is 14.6 Å². The van der Waals surface area contributed by atoms with Gasteiger partial charge in [-0.25, -0.2) is 4.79 Å². The molecule has 0 saturated carbocycles. The monoisotopic (exact) mass is 569 g/mol. The second-order valence-electron chi connectivity index (χ2n) is 9.71. The van der Waals surface area contributed by atoms with E-state index in [9.17, 15) is 14.4 Å². The van der Waals surface area contributed by atoms with Gasteiger partial charge >= 0.3 is 6.09 Å². The van der Waals surface area contributed by atoms with Crippen LogP contribution in [0.15, 0.2) is 91.1 Å². The molecule has 3 aromatic carbocycles. The summed E-state index contributed by atoms with van der Waals surface area (Å²) in [5.74, 6) is -0.615. The molecule has 0 bridgehead atoms. The van der Waals surface area contributed by atoms with E-state index in [-0.39, 0.29) is 25.0 Å². The minimum Gasteiger partial charge on any atom is -0.445 e. The maximum atomic E-state index is 13.3. The lowest BCUT2D eigenvalue weighted by atomic mass is 10.1. The standard InChI is InChI=1S/C32H35N5O5/c33-26-16-14-24(15-17-26)20-41-22-29(38)34-18-5-4-12-28(37-32(40)42-21-23-8-2-1-3-9-23)31(39)36-27-13-6-10-25-11-7-19-35-30(25)27/h1-3,6-11,13-17,19,28H,4-5,12,18,20-22,33H2,(H,34,38)(H,36,39)(H,37,40). The fourth-order valence-corrected chi connectivity index (χ4v) is 4.23. The van der Waals surface area contributed by atoms with Crippen molar-refractivity contribution >= 4 is 40.2 Å². The third-order valence-corrected chi connectivity index (χ3v) is 6.44. The predicted molar refractivity (Wildman–Crippen MR) is 161 cm³/mol. The normalized spacial score (nSPS) is 11.4. The Kier molecular flexibility index (Phi) is 11.2. The highest BCUT2D eigenvalue weighted by Crippen LogP contribution is 2.21. The molecule has 5 N–H and O–H groups in total. The number of para-hydroxylation sites is 1. The van der Waals surface area contributed by atoms with Crippen LogP contribution in [0.5, 0.6) is 0 Å². The number of ether oxygens (including phenoxy) is 2. The van der Waals surface area contributed by atoms with Crippen molar-refractivity contribution in [2.45, 2.75) is 38.5 Å². The van der Waals surface area contributed by atoms with Gasteiger partial charge in [0.25, 0.3) is 0 Å². The van der Waals surface area contributed by atoms with E-state index in [2.05, 4.69) is 20.9 Å². The average molecular weight is 570 g/mol. The second-order valence-corrected chi connectivity index (χ2v) is 9.71. The Hall–Kier alpha value is -4.96. The lowest BCUT2D eigenvalue weighted by Crippen LogP contribution is -2.44. The van der Waals surface area contributed by atoms with Gasteiger partial charge in [0.05, 0.1) is 17.8 Å². The van der Waals surface area contributed by atoms with Gasteiger partial charge in [0.15, 0.2) is 0 Å². The van der Waals surface area contributed by atoms with E-state index in [1.165, 1.54) is 0 Å². The van der Waals surface area contributed by atoms with Gasteiger partial charge in [0.1, 0.15) is 19.3 Å². The number of rotatable bonds is 14. The van der Waals surface area contributed by atoms with Gasteiger partial charge in [-0.15, -0.1) is 0 Å². The number of nitrogens with zero attached hydrogens (tertiary/aromatic N) is 1. The maximum absolute atomic E-state index is 13.3. The smallest absolute Gasteiger partial charge is 0.408 e. The van der Waals surface area contributed by atoms with Gasteiger partial charge in [0, 0.05) is 23.8 Å². The van der Waals surface area contributed by atoms with Crippen LogP contribution in [0.1, 0.15) is 30.4 Å². The topological polar surface area (TPSA) is 145 Å². The van der Waals surface area contributed by atoms with Crippen molar-refractivity contribution in [1.29, 1.82) is 0 Å². The zero-order valence-corrected chi connectivity index (χ0v) is 23.3. The van der Waals surface area contributed by atoms with Crippen molar-refractivity contribution in [3.05, 3.63) is 102 Å². The molecule has 0 aliphatic heterocycles. The predicted octanol–water partition coefficient (Wildman–Crippen LogP) is 4.55. The largest absolute Gasteiger partial charge is 0.445 e. The second kappa shape index (κ2) is 15.7. The minimum absolute atomic E-state index is 0.0662. The molecule has 0 spiro atoms. The highest BCUT2D eigenvalue weighted by Gasteiger charge is 2.22. The molecule has 0 aliphatic carbocycles. The van der Waals surface area contributed by atoms with E-state index in [0.717, 1.165) is 16.5 Å². The first-order valence-corrected chi connectivity index (χ1v) is 13.8. The quantitative estimate of drug-likeness (QED) is 0.129. The molecule has 3 amide bonds. The van der Waals surface area contributed by atoms with Gasteiger partial charge in [-0.05, 0) is 54.7 Å². The number of hydrogen-bond donors (Lipinski definition) is 4. The first-order chi connectivity index (χ1) is 20.5. The lowest BCUT2D eigenvalue weighted by Gasteiger charge is -2.19. The zero-order chi connectivity index (χ0) is 29.6.